The van der Waals surface area contributed by atoms with Crippen molar-refractivity contribution >= 4 is 27.6 Å². The van der Waals surface area contributed by atoms with Gasteiger partial charge in [0.1, 0.15) is 0 Å². The van der Waals surface area contributed by atoms with E-state index < -0.39 is 0 Å². The molecule has 0 saturated heterocycles. The average molecular weight is 157 g/mol. The van der Waals surface area contributed by atoms with Gasteiger partial charge >= 0.3 is 0 Å². The average Bonchev–Trinajstić information content (AvgIpc) is 2.04. The zero-order valence-corrected chi connectivity index (χ0v) is 7.30. The van der Waals surface area contributed by atoms with Crippen LogP contribution >= 0.6 is 0 Å². The number of hydrogen-bond acceptors (Lipinski definition) is 0. The molecule has 0 fully saturated rings. The van der Waals surface area contributed by atoms with Crippen molar-refractivity contribution in [2.45, 2.75) is 0 Å². The minimum atomic E-state index is 1.05. The topological polar surface area (TPSA) is 0 Å². The molecule has 1 aromatic carbocycles. The first-order valence-electron chi connectivity index (χ1n) is 3.39. The molecular weight excluding hydrogens is 148 g/mol. The smallest absolute Gasteiger partial charge is 0.0720 e. The van der Waals surface area contributed by atoms with Gasteiger partial charge in [0.2, 0.25) is 0 Å². The van der Waals surface area contributed by atoms with Crippen LogP contribution in [0.5, 0.6) is 0 Å². The van der Waals surface area contributed by atoms with E-state index in [2.05, 4.69) is 23.4 Å². The summed E-state index contributed by atoms with van der Waals surface area (Å²) in [6.45, 7) is 7.43. The third kappa shape index (κ3) is 1.49. The van der Waals surface area contributed by atoms with Crippen molar-refractivity contribution < 1.29 is 0 Å². The minimum Gasteiger partial charge on any atom is -0.0985 e. The summed E-state index contributed by atoms with van der Waals surface area (Å²) < 4.78 is 0. The van der Waals surface area contributed by atoms with Crippen molar-refractivity contribution in [3.63, 3.8) is 0 Å². The van der Waals surface area contributed by atoms with Gasteiger partial charge in [0.05, 0.1) is 10.2 Å². The summed E-state index contributed by atoms with van der Waals surface area (Å²) in [7, 11) is 3.48. The van der Waals surface area contributed by atoms with Crippen molar-refractivity contribution in [1.29, 1.82) is 0 Å². The summed E-state index contributed by atoms with van der Waals surface area (Å²) in [5.74, 6) is 0. The second-order valence-corrected chi connectivity index (χ2v) is 2.76. The Bertz CT molecular complexity index is 287. The van der Waals surface area contributed by atoms with Gasteiger partial charge in [0, 0.05) is 0 Å². The van der Waals surface area contributed by atoms with Crippen LogP contribution in [0.3, 0.4) is 0 Å². The lowest BCUT2D eigenvalue weighted by atomic mass is 10.1. The summed E-state index contributed by atoms with van der Waals surface area (Å²) in [6.07, 6.45) is 3.64. The van der Waals surface area contributed by atoms with Crippen molar-refractivity contribution in [2.75, 3.05) is 0 Å². The Kier molecular flexibility index (Phi) is 2.44. The van der Waals surface area contributed by atoms with Crippen LogP contribution in [0.1, 0.15) is 11.1 Å². The molecule has 0 nitrogen and oxygen atoms in total. The molecule has 0 amide bonds. The summed E-state index contributed by atoms with van der Waals surface area (Å²) >= 11 is 0. The second-order valence-electron chi connectivity index (χ2n) is 2.22. The second kappa shape index (κ2) is 3.35. The fourth-order valence-electron chi connectivity index (χ4n) is 0.989. The van der Waals surface area contributed by atoms with Crippen molar-refractivity contribution in [3.8, 4) is 0 Å². The molecule has 0 aromatic heterocycles. The van der Waals surface area contributed by atoms with Crippen molar-refractivity contribution in [1.82, 2.24) is 0 Å². The fraction of sp³-hybridized carbons (Fsp3) is 0. The summed E-state index contributed by atoms with van der Waals surface area (Å²) in [4.78, 5) is 0. The van der Waals surface area contributed by atoms with Crippen LogP contribution in [0.4, 0.5) is 0 Å². The quantitative estimate of drug-likeness (QED) is 0.574. The molecule has 0 aliphatic heterocycles. The van der Waals surface area contributed by atoms with Crippen LogP contribution < -0.4 is 5.19 Å². The van der Waals surface area contributed by atoms with Gasteiger partial charge in [0.25, 0.3) is 0 Å². The zero-order chi connectivity index (χ0) is 8.27. The zero-order valence-electron chi connectivity index (χ0n) is 6.30. The maximum absolute atomic E-state index is 3.72. The highest BCUT2D eigenvalue weighted by Crippen LogP contribution is 2.07. The number of hydrogen-bond donors (Lipinski definition) is 0. The van der Waals surface area contributed by atoms with Gasteiger partial charge in [-0.15, -0.1) is 0 Å². The summed E-state index contributed by atoms with van der Waals surface area (Å²) in [6, 6.07) is 5.97. The minimum absolute atomic E-state index is 1.05. The Morgan fingerprint density at radius 1 is 1.18 bits per heavy atom. The first kappa shape index (κ1) is 8.02. The fourth-order valence-corrected chi connectivity index (χ4v) is 1.33. The predicted molar refractivity (Wildman–Crippen MR) is 52.0 cm³/mol. The van der Waals surface area contributed by atoms with E-state index in [9.17, 15) is 0 Å². The molecule has 0 saturated carbocycles. The molecule has 53 valence electrons. The van der Waals surface area contributed by atoms with E-state index >= 15 is 0 Å². The van der Waals surface area contributed by atoms with E-state index in [4.69, 9.17) is 0 Å². The van der Waals surface area contributed by atoms with Gasteiger partial charge in [-0.25, -0.2) is 0 Å². The predicted octanol–water partition coefficient (Wildman–Crippen LogP) is 1.77. The van der Waals surface area contributed by atoms with Gasteiger partial charge < -0.3 is 0 Å². The molecule has 3 radical (unpaired) electrons. The van der Waals surface area contributed by atoms with Crippen LogP contribution in [0.2, 0.25) is 0 Å². The molecule has 0 atom stereocenters. The monoisotopic (exact) mass is 157 g/mol. The van der Waals surface area contributed by atoms with Crippen molar-refractivity contribution in [3.05, 3.63) is 42.5 Å². The Morgan fingerprint density at radius 2 is 1.91 bits per heavy atom. The molecule has 0 N–H and O–H groups in total. The molecule has 1 rings (SSSR count). The van der Waals surface area contributed by atoms with Gasteiger partial charge in [-0.1, -0.05) is 48.7 Å². The molecule has 0 bridgehead atoms. The Balaban J connectivity index is 3.35. The molecule has 0 unspecified atom stereocenters. The van der Waals surface area contributed by atoms with Crippen LogP contribution in [0, 0.1) is 0 Å². The Morgan fingerprint density at radius 3 is 2.36 bits per heavy atom. The molecule has 0 aliphatic carbocycles. The maximum atomic E-state index is 3.72. The Hall–Kier alpha value is -1.08. The standard InChI is InChI=1S/C10H9Si/c1-3-8-6-5-7-10(11)9(8)4-2/h3-7H,1-2H2. The first-order chi connectivity index (χ1) is 5.29. The highest BCUT2D eigenvalue weighted by Gasteiger charge is 1.96. The summed E-state index contributed by atoms with van der Waals surface area (Å²) in [5.41, 5.74) is 2.20. The van der Waals surface area contributed by atoms with Crippen LogP contribution in [-0.2, 0) is 0 Å². The lowest BCUT2D eigenvalue weighted by molar-refractivity contribution is 1.67. The van der Waals surface area contributed by atoms with Crippen molar-refractivity contribution in [2.24, 2.45) is 0 Å². The van der Waals surface area contributed by atoms with Gasteiger partial charge in [-0.05, 0) is 11.1 Å². The van der Waals surface area contributed by atoms with Gasteiger partial charge in [-0.2, -0.15) is 0 Å². The van der Waals surface area contributed by atoms with E-state index in [0.717, 1.165) is 16.3 Å². The van der Waals surface area contributed by atoms with Gasteiger partial charge in [-0.3, -0.25) is 0 Å². The largest absolute Gasteiger partial charge is 0.0985 e. The highest BCUT2D eigenvalue weighted by molar-refractivity contribution is 6.34. The summed E-state index contributed by atoms with van der Waals surface area (Å²) in [5, 5.41) is 1.05. The first-order valence-corrected chi connectivity index (χ1v) is 3.89. The third-order valence-corrected chi connectivity index (χ3v) is 2.00. The van der Waals surface area contributed by atoms with Crippen LogP contribution in [-0.4, -0.2) is 10.2 Å². The van der Waals surface area contributed by atoms with E-state index in [-0.39, 0.29) is 0 Å². The molecule has 11 heavy (non-hydrogen) atoms. The van der Waals surface area contributed by atoms with E-state index in [1.165, 1.54) is 0 Å². The lowest BCUT2D eigenvalue weighted by Gasteiger charge is -2.03. The molecule has 1 heteroatoms. The Labute approximate surface area is 70.7 Å². The lowest BCUT2D eigenvalue weighted by Crippen LogP contribution is -2.07. The number of benzene rings is 1. The van der Waals surface area contributed by atoms with Crippen LogP contribution in [0.25, 0.3) is 12.2 Å². The normalized spacial score (nSPS) is 9.18. The van der Waals surface area contributed by atoms with E-state index in [0.29, 0.717) is 0 Å². The molecule has 0 heterocycles. The number of rotatable bonds is 2. The molecule has 1 aromatic rings. The molecule has 0 spiro atoms. The van der Waals surface area contributed by atoms with Gasteiger partial charge in [0.15, 0.2) is 0 Å². The maximum Gasteiger partial charge on any atom is 0.0720 e. The van der Waals surface area contributed by atoms with Crippen LogP contribution in [0.15, 0.2) is 31.4 Å². The highest BCUT2D eigenvalue weighted by atomic mass is 28.1. The van der Waals surface area contributed by atoms with E-state index in [1.54, 1.807) is 0 Å². The van der Waals surface area contributed by atoms with E-state index in [1.807, 2.05) is 30.4 Å². The third-order valence-electron chi connectivity index (χ3n) is 1.56. The molecule has 0 aliphatic rings. The SMILES string of the molecule is C=Cc1cccc([Si])c1C=C. The molecular formula is C10H9Si.